The maximum Gasteiger partial charge on any atom is 0.0630 e. The fourth-order valence-electron chi connectivity index (χ4n) is 2.75. The molecule has 0 bridgehead atoms. The van der Waals surface area contributed by atoms with Gasteiger partial charge in [0, 0.05) is 47.4 Å². The Morgan fingerprint density at radius 2 is 2.32 bits per heavy atom. The number of aryl methyl sites for hydroxylation is 1. The zero-order valence-corrected chi connectivity index (χ0v) is 12.1. The summed E-state index contributed by atoms with van der Waals surface area (Å²) in [7, 11) is 0. The van der Waals surface area contributed by atoms with E-state index in [9.17, 15) is 0 Å². The van der Waals surface area contributed by atoms with Crippen LogP contribution >= 0.6 is 11.3 Å². The predicted molar refractivity (Wildman–Crippen MR) is 78.3 cm³/mol. The Labute approximate surface area is 118 Å². The van der Waals surface area contributed by atoms with Crippen LogP contribution in [0.15, 0.2) is 30.7 Å². The average Bonchev–Trinajstić information content (AvgIpc) is 2.85. The molecule has 0 spiro atoms. The van der Waals surface area contributed by atoms with Gasteiger partial charge in [-0.05, 0) is 38.4 Å². The van der Waals surface area contributed by atoms with E-state index >= 15 is 0 Å². The Kier molecular flexibility index (Phi) is 3.89. The number of piperidine rings is 1. The molecule has 1 fully saturated rings. The van der Waals surface area contributed by atoms with Crippen molar-refractivity contribution in [1.29, 1.82) is 0 Å². The quantitative estimate of drug-likeness (QED) is 0.859. The van der Waals surface area contributed by atoms with Crippen molar-refractivity contribution in [2.75, 3.05) is 13.1 Å². The van der Waals surface area contributed by atoms with Crippen LogP contribution < -0.4 is 0 Å². The van der Waals surface area contributed by atoms with Crippen LogP contribution in [-0.4, -0.2) is 28.0 Å². The van der Waals surface area contributed by atoms with Crippen LogP contribution in [0.25, 0.3) is 0 Å². The van der Waals surface area contributed by atoms with Crippen LogP contribution in [0.2, 0.25) is 0 Å². The number of hydrogen-bond donors (Lipinski definition) is 0. The standard InChI is InChI=1S/C15H19N3S/c1-12-4-5-14(19-12)11-18-8-2-3-13(10-18)15-9-16-6-7-17-15/h4-7,9,13H,2-3,8,10-11H2,1H3/t13-/m1/s1. The third kappa shape index (κ3) is 3.19. The summed E-state index contributed by atoms with van der Waals surface area (Å²) in [6, 6.07) is 4.47. The van der Waals surface area contributed by atoms with Crippen molar-refractivity contribution in [2.45, 2.75) is 32.2 Å². The second-order valence-corrected chi connectivity index (χ2v) is 6.59. The normalized spacial score (nSPS) is 20.6. The van der Waals surface area contributed by atoms with Gasteiger partial charge in [0.05, 0.1) is 5.69 Å². The van der Waals surface area contributed by atoms with Crippen LogP contribution in [0, 0.1) is 6.92 Å². The van der Waals surface area contributed by atoms with Crippen molar-refractivity contribution in [3.63, 3.8) is 0 Å². The van der Waals surface area contributed by atoms with E-state index < -0.39 is 0 Å². The fourth-order valence-corrected chi connectivity index (χ4v) is 3.69. The molecule has 0 aromatic carbocycles. The smallest absolute Gasteiger partial charge is 0.0630 e. The Morgan fingerprint density at radius 3 is 3.05 bits per heavy atom. The second kappa shape index (κ2) is 5.80. The lowest BCUT2D eigenvalue weighted by Crippen LogP contribution is -2.34. The highest BCUT2D eigenvalue weighted by Gasteiger charge is 2.22. The molecular weight excluding hydrogens is 254 g/mol. The molecule has 0 unspecified atom stereocenters. The largest absolute Gasteiger partial charge is 0.298 e. The first-order chi connectivity index (χ1) is 9.31. The molecule has 1 aliphatic rings. The molecule has 3 heterocycles. The molecule has 0 radical (unpaired) electrons. The Balaban J connectivity index is 1.65. The van der Waals surface area contributed by atoms with E-state index in [1.165, 1.54) is 29.1 Å². The monoisotopic (exact) mass is 273 g/mol. The number of aromatic nitrogens is 2. The first-order valence-electron chi connectivity index (χ1n) is 6.85. The molecule has 0 aliphatic carbocycles. The van der Waals surface area contributed by atoms with Gasteiger partial charge in [-0.1, -0.05) is 0 Å². The molecule has 3 rings (SSSR count). The molecule has 2 aromatic heterocycles. The van der Waals surface area contributed by atoms with E-state index in [1.54, 1.807) is 12.4 Å². The van der Waals surface area contributed by atoms with Gasteiger partial charge >= 0.3 is 0 Å². The third-order valence-corrected chi connectivity index (χ3v) is 4.67. The minimum absolute atomic E-state index is 0.545. The van der Waals surface area contributed by atoms with E-state index in [4.69, 9.17) is 0 Å². The van der Waals surface area contributed by atoms with Crippen molar-refractivity contribution in [3.05, 3.63) is 46.2 Å². The maximum absolute atomic E-state index is 4.46. The first-order valence-corrected chi connectivity index (χ1v) is 7.66. The van der Waals surface area contributed by atoms with E-state index in [-0.39, 0.29) is 0 Å². The van der Waals surface area contributed by atoms with E-state index in [0.29, 0.717) is 5.92 Å². The minimum Gasteiger partial charge on any atom is -0.298 e. The lowest BCUT2D eigenvalue weighted by molar-refractivity contribution is 0.200. The third-order valence-electron chi connectivity index (χ3n) is 3.68. The highest BCUT2D eigenvalue weighted by molar-refractivity contribution is 7.11. The molecule has 0 saturated carbocycles. The predicted octanol–water partition coefficient (Wildman–Crippen LogP) is 3.23. The summed E-state index contributed by atoms with van der Waals surface area (Å²) >= 11 is 1.91. The first kappa shape index (κ1) is 12.8. The van der Waals surface area contributed by atoms with Crippen LogP contribution in [0.3, 0.4) is 0 Å². The molecular formula is C15H19N3S. The van der Waals surface area contributed by atoms with Gasteiger partial charge in [-0.2, -0.15) is 0 Å². The summed E-state index contributed by atoms with van der Waals surface area (Å²) < 4.78 is 0. The molecule has 1 aliphatic heterocycles. The number of hydrogen-bond acceptors (Lipinski definition) is 4. The number of rotatable bonds is 3. The Hall–Kier alpha value is -1.26. The van der Waals surface area contributed by atoms with Crippen molar-refractivity contribution in [2.24, 2.45) is 0 Å². The molecule has 1 saturated heterocycles. The van der Waals surface area contributed by atoms with Crippen LogP contribution in [0.1, 0.15) is 34.2 Å². The van der Waals surface area contributed by atoms with Gasteiger partial charge in [0.1, 0.15) is 0 Å². The molecule has 19 heavy (non-hydrogen) atoms. The summed E-state index contributed by atoms with van der Waals surface area (Å²) in [6.45, 7) is 5.56. The number of nitrogens with zero attached hydrogens (tertiary/aromatic N) is 3. The lowest BCUT2D eigenvalue weighted by atomic mass is 9.95. The summed E-state index contributed by atoms with van der Waals surface area (Å²) in [5, 5.41) is 0. The van der Waals surface area contributed by atoms with Crippen molar-refractivity contribution >= 4 is 11.3 Å². The Morgan fingerprint density at radius 1 is 1.37 bits per heavy atom. The van der Waals surface area contributed by atoms with E-state index in [1.807, 2.05) is 17.5 Å². The number of likely N-dealkylation sites (tertiary alicyclic amines) is 1. The Bertz CT molecular complexity index is 523. The summed E-state index contributed by atoms with van der Waals surface area (Å²) in [5.74, 6) is 0.545. The molecule has 3 nitrogen and oxygen atoms in total. The molecule has 0 N–H and O–H groups in total. The maximum atomic E-state index is 4.46. The summed E-state index contributed by atoms with van der Waals surface area (Å²) in [5.41, 5.74) is 1.15. The van der Waals surface area contributed by atoms with Gasteiger partial charge in [0.2, 0.25) is 0 Å². The van der Waals surface area contributed by atoms with Crippen molar-refractivity contribution in [3.8, 4) is 0 Å². The fraction of sp³-hybridized carbons (Fsp3) is 0.467. The number of thiophene rings is 1. The molecule has 4 heteroatoms. The van der Waals surface area contributed by atoms with Gasteiger partial charge in [-0.15, -0.1) is 11.3 Å². The van der Waals surface area contributed by atoms with Gasteiger partial charge in [-0.3, -0.25) is 14.9 Å². The van der Waals surface area contributed by atoms with Crippen LogP contribution in [0.4, 0.5) is 0 Å². The molecule has 0 amide bonds. The average molecular weight is 273 g/mol. The van der Waals surface area contributed by atoms with Gasteiger partial charge in [-0.25, -0.2) is 0 Å². The highest BCUT2D eigenvalue weighted by Crippen LogP contribution is 2.27. The molecule has 2 aromatic rings. The van der Waals surface area contributed by atoms with Crippen LogP contribution in [-0.2, 0) is 6.54 Å². The SMILES string of the molecule is Cc1ccc(CN2CCC[C@@H](c3cnccn3)C2)s1. The topological polar surface area (TPSA) is 29.0 Å². The van der Waals surface area contributed by atoms with Gasteiger partial charge < -0.3 is 0 Å². The zero-order valence-electron chi connectivity index (χ0n) is 11.2. The second-order valence-electron chi connectivity index (χ2n) is 5.22. The van der Waals surface area contributed by atoms with E-state index in [0.717, 1.165) is 18.8 Å². The van der Waals surface area contributed by atoms with Gasteiger partial charge in [0.15, 0.2) is 0 Å². The minimum atomic E-state index is 0.545. The van der Waals surface area contributed by atoms with Gasteiger partial charge in [0.25, 0.3) is 0 Å². The van der Waals surface area contributed by atoms with Crippen molar-refractivity contribution in [1.82, 2.24) is 14.9 Å². The van der Waals surface area contributed by atoms with E-state index in [2.05, 4.69) is 33.9 Å². The summed E-state index contributed by atoms with van der Waals surface area (Å²) in [4.78, 5) is 14.1. The molecule has 1 atom stereocenters. The van der Waals surface area contributed by atoms with Crippen molar-refractivity contribution < 1.29 is 0 Å². The highest BCUT2D eigenvalue weighted by atomic mass is 32.1. The summed E-state index contributed by atoms with van der Waals surface area (Å²) in [6.07, 6.45) is 7.96. The zero-order chi connectivity index (χ0) is 13.1. The molecule has 100 valence electrons. The van der Waals surface area contributed by atoms with Crippen LogP contribution in [0.5, 0.6) is 0 Å². The lowest BCUT2D eigenvalue weighted by Gasteiger charge is -2.31.